The number of carboxylic acids is 1. The number of rotatable bonds is 3. The molecule has 124 valence electrons. The number of Topliss-reactive ketones (excluding diaryl/α,β-unsaturated/α-hetero) is 1. The predicted molar refractivity (Wildman–Crippen MR) is 38.5 cm³/mol. The summed E-state index contributed by atoms with van der Waals surface area (Å²) < 4.78 is 135. The van der Waals surface area contributed by atoms with Gasteiger partial charge in [0.25, 0.3) is 5.78 Å². The van der Waals surface area contributed by atoms with E-state index in [1.54, 1.807) is 0 Å². The molecule has 0 bridgehead atoms. The first-order valence-electron chi connectivity index (χ1n) is 4.21. The zero-order chi connectivity index (χ0) is 17.7. The maximum Gasteiger partial charge on any atom is 0.454 e. The van der Waals surface area contributed by atoms with Crippen LogP contribution in [0, 0.1) is 0 Å². The number of ketones is 1. The highest BCUT2D eigenvalue weighted by Crippen LogP contribution is 2.55. The van der Waals surface area contributed by atoms with Gasteiger partial charge in [-0.3, -0.25) is 4.79 Å². The van der Waals surface area contributed by atoms with Crippen LogP contribution in [0.15, 0.2) is 0 Å². The Hall–Kier alpha value is -1.63. The summed E-state index contributed by atoms with van der Waals surface area (Å²) in [4.78, 5) is 20.5. The fourth-order valence-corrected chi connectivity index (χ4v) is 1.15. The van der Waals surface area contributed by atoms with Gasteiger partial charge in [-0.2, -0.15) is 39.5 Å². The van der Waals surface area contributed by atoms with Gasteiger partial charge in [0.1, 0.15) is 0 Å². The summed E-state index contributed by atoms with van der Waals surface area (Å²) >= 11 is 0. The predicted octanol–water partition coefficient (Wildman–Crippen LogP) is 2.74. The van der Waals surface area contributed by atoms with E-state index >= 15 is 0 Å². The maximum atomic E-state index is 13.4. The van der Waals surface area contributed by atoms with Crippen LogP contribution >= 0.6 is 0 Å². The van der Waals surface area contributed by atoms with E-state index in [9.17, 15) is 57.9 Å². The van der Waals surface area contributed by atoms with Crippen molar-refractivity contribution in [2.24, 2.45) is 0 Å². The zero-order valence-electron chi connectivity index (χ0n) is 8.92. The van der Waals surface area contributed by atoms with Gasteiger partial charge in [-0.05, 0) is 0 Å². The second-order valence-corrected chi connectivity index (χ2v) is 3.44. The molecule has 0 rings (SSSR count). The number of hydrogen-bond donors (Lipinski definition) is 1. The van der Waals surface area contributed by atoms with Gasteiger partial charge in [0.2, 0.25) is 0 Å². The van der Waals surface area contributed by atoms with Crippen LogP contribution in [-0.2, 0) is 9.59 Å². The second-order valence-electron chi connectivity index (χ2n) is 3.44. The summed E-state index contributed by atoms with van der Waals surface area (Å²) in [5.41, 5.74) is -14.6. The van der Waals surface area contributed by atoms with Crippen LogP contribution in [0.3, 0.4) is 0 Å². The molecule has 21 heavy (non-hydrogen) atoms. The van der Waals surface area contributed by atoms with Crippen molar-refractivity contribution >= 4 is 11.8 Å². The Morgan fingerprint density at radius 1 is 0.667 bits per heavy atom. The molecule has 0 amide bonds. The average molecular weight is 342 g/mol. The Kier molecular flexibility index (Phi) is 4.33. The van der Waals surface area contributed by atoms with Gasteiger partial charge in [-0.25, -0.2) is 13.6 Å². The molecule has 0 radical (unpaired) electrons. The third kappa shape index (κ3) is 2.62. The van der Waals surface area contributed by atoms with Crippen LogP contribution < -0.4 is 0 Å². The molecule has 1 N–H and O–H groups in total. The van der Waals surface area contributed by atoms with E-state index < -0.39 is 41.6 Å². The molecule has 1 unspecified atom stereocenters. The van der Waals surface area contributed by atoms with Gasteiger partial charge in [-0.15, -0.1) is 0 Å². The summed E-state index contributed by atoms with van der Waals surface area (Å²) in [6, 6.07) is 0. The van der Waals surface area contributed by atoms with Crippen molar-refractivity contribution in [2.45, 2.75) is 29.9 Å². The highest BCUT2D eigenvalue weighted by Gasteiger charge is 2.89. The van der Waals surface area contributed by atoms with E-state index in [1.165, 1.54) is 0 Å². The monoisotopic (exact) mass is 342 g/mol. The number of halogens is 11. The topological polar surface area (TPSA) is 54.4 Å². The number of alkyl halides is 11. The smallest absolute Gasteiger partial charge is 0.454 e. The number of aliphatic carboxylic acids is 1. The third-order valence-electron chi connectivity index (χ3n) is 2.12. The SMILES string of the molecule is O=C(O)C(F)(C(=O)C(F)(F)F)C(F)(C(F)(F)F)C(F)(F)F. The van der Waals surface area contributed by atoms with Crippen molar-refractivity contribution in [3.05, 3.63) is 0 Å². The molecule has 0 fully saturated rings. The van der Waals surface area contributed by atoms with Crippen molar-refractivity contribution in [1.82, 2.24) is 0 Å². The van der Waals surface area contributed by atoms with E-state index in [0.29, 0.717) is 0 Å². The number of carbonyl (C=O) groups is 2. The molecule has 0 saturated carbocycles. The number of carboxylic acid groups (broad SMARTS) is 1. The maximum absolute atomic E-state index is 13.4. The normalized spacial score (nSPS) is 17.3. The van der Waals surface area contributed by atoms with Crippen LogP contribution in [0.1, 0.15) is 0 Å². The molecule has 14 heteroatoms. The van der Waals surface area contributed by atoms with Crippen molar-refractivity contribution in [3.8, 4) is 0 Å². The van der Waals surface area contributed by atoms with Crippen LogP contribution in [0.25, 0.3) is 0 Å². The number of hydrogen-bond acceptors (Lipinski definition) is 2. The fraction of sp³-hybridized carbons (Fsp3) is 0.714. The molecular weight excluding hydrogens is 341 g/mol. The lowest BCUT2D eigenvalue weighted by molar-refractivity contribution is -0.369. The quantitative estimate of drug-likeness (QED) is 0.634. The molecule has 0 spiro atoms. The van der Waals surface area contributed by atoms with E-state index in [-0.39, 0.29) is 0 Å². The molecule has 1 atom stereocenters. The second kappa shape index (κ2) is 4.69. The lowest BCUT2D eigenvalue weighted by Crippen LogP contribution is -2.73. The first kappa shape index (κ1) is 19.4. The largest absolute Gasteiger partial charge is 0.478 e. The minimum atomic E-state index is -7.61. The Morgan fingerprint density at radius 3 is 1.10 bits per heavy atom. The van der Waals surface area contributed by atoms with E-state index in [2.05, 4.69) is 0 Å². The van der Waals surface area contributed by atoms with Crippen LogP contribution in [0.5, 0.6) is 0 Å². The van der Waals surface area contributed by atoms with Crippen LogP contribution in [-0.4, -0.2) is 46.7 Å². The van der Waals surface area contributed by atoms with Crippen LogP contribution in [0.4, 0.5) is 48.3 Å². The molecule has 0 aliphatic heterocycles. The molecular formula is C7HF11O3. The minimum absolute atomic E-state index is 4.23. The van der Waals surface area contributed by atoms with Gasteiger partial charge < -0.3 is 5.11 Å². The molecule has 0 aromatic rings. The Labute approximate surface area is 106 Å². The van der Waals surface area contributed by atoms with Gasteiger partial charge in [0.05, 0.1) is 0 Å². The molecule has 0 aliphatic carbocycles. The first-order valence-corrected chi connectivity index (χ1v) is 4.21. The Balaban J connectivity index is 6.68. The highest BCUT2D eigenvalue weighted by atomic mass is 19.4. The van der Waals surface area contributed by atoms with Gasteiger partial charge >= 0.3 is 35.8 Å². The lowest BCUT2D eigenvalue weighted by Gasteiger charge is -2.37. The third-order valence-corrected chi connectivity index (χ3v) is 2.12. The Bertz CT molecular complexity index is 430. The fourth-order valence-electron chi connectivity index (χ4n) is 1.15. The van der Waals surface area contributed by atoms with E-state index in [0.717, 1.165) is 0 Å². The van der Waals surface area contributed by atoms with Gasteiger partial charge in [-0.1, -0.05) is 0 Å². The van der Waals surface area contributed by atoms with Gasteiger partial charge in [0.15, 0.2) is 0 Å². The van der Waals surface area contributed by atoms with E-state index in [4.69, 9.17) is 5.11 Å². The number of carbonyl (C=O) groups excluding carboxylic acids is 1. The summed E-state index contributed by atoms with van der Waals surface area (Å²) in [6.07, 6.45) is -21.8. The van der Waals surface area contributed by atoms with Crippen LogP contribution in [0.2, 0.25) is 0 Å². The standard InChI is InChI=1S/C7HF11O3/c8-3(2(20)21,1(19)4(9,10)11)5(12,6(13,14)15)7(16,17)18/h(H,20,21). The summed E-state index contributed by atoms with van der Waals surface area (Å²) in [5.74, 6) is -8.93. The lowest BCUT2D eigenvalue weighted by atomic mass is 9.80. The summed E-state index contributed by atoms with van der Waals surface area (Å²) in [6.45, 7) is 0. The minimum Gasteiger partial charge on any atom is -0.478 e. The highest BCUT2D eigenvalue weighted by molar-refractivity contribution is 6.10. The molecule has 3 nitrogen and oxygen atoms in total. The van der Waals surface area contributed by atoms with E-state index in [1.807, 2.05) is 0 Å². The van der Waals surface area contributed by atoms with Crippen molar-refractivity contribution in [2.75, 3.05) is 0 Å². The summed E-state index contributed by atoms with van der Waals surface area (Å²) in [7, 11) is 0. The average Bonchev–Trinajstić information content (AvgIpc) is 2.20. The first-order chi connectivity index (χ1) is 8.85. The summed E-state index contributed by atoms with van der Waals surface area (Å²) in [5, 5.41) is 7.89. The molecule has 0 aliphatic rings. The van der Waals surface area contributed by atoms with Crippen molar-refractivity contribution < 1.29 is 63.0 Å². The molecule has 0 aromatic carbocycles. The Morgan fingerprint density at radius 2 is 0.952 bits per heavy atom. The molecule has 0 heterocycles. The molecule has 0 aromatic heterocycles. The van der Waals surface area contributed by atoms with Crippen molar-refractivity contribution in [3.63, 3.8) is 0 Å². The van der Waals surface area contributed by atoms with Crippen molar-refractivity contribution in [1.29, 1.82) is 0 Å². The van der Waals surface area contributed by atoms with Gasteiger partial charge in [0, 0.05) is 0 Å². The zero-order valence-corrected chi connectivity index (χ0v) is 8.92. The molecule has 0 saturated heterocycles.